The quantitative estimate of drug-likeness (QED) is 0.266. The Balaban J connectivity index is 1.61. The zero-order chi connectivity index (χ0) is 22.5. The molecule has 0 amide bonds. The van der Waals surface area contributed by atoms with Crippen LogP contribution in [0.2, 0.25) is 0 Å². The summed E-state index contributed by atoms with van der Waals surface area (Å²) in [5.41, 5.74) is 5.46. The first-order valence-corrected chi connectivity index (χ1v) is 11.5. The highest BCUT2D eigenvalue weighted by Crippen LogP contribution is 2.30. The Bertz CT molecular complexity index is 1230. The minimum Gasteiger partial charge on any atom is -0.489 e. The van der Waals surface area contributed by atoms with Gasteiger partial charge in [0, 0.05) is 27.6 Å². The van der Waals surface area contributed by atoms with E-state index in [4.69, 9.17) is 9.47 Å². The number of aromatic nitrogens is 1. The Hall–Kier alpha value is -3.05. The molecular weight excluding hydrogens is 466 g/mol. The van der Waals surface area contributed by atoms with Crippen LogP contribution < -0.4 is 4.74 Å². The van der Waals surface area contributed by atoms with Gasteiger partial charge in [0.1, 0.15) is 12.4 Å². The predicted molar refractivity (Wildman–Crippen MR) is 131 cm³/mol. The number of carbonyl (C=O) groups excluding carboxylic acids is 1. The van der Waals surface area contributed by atoms with Crippen molar-refractivity contribution < 1.29 is 14.3 Å². The standard InChI is InChI=1S/C27H26BrNO3/c1-3-31-27(30)16-24-19(2)29(26-13-12-22(28)15-25(24)26)17-21-10-7-11-23(14-21)32-18-20-8-5-4-6-9-20/h4-15H,3,16-18H2,1-2H3. The summed E-state index contributed by atoms with van der Waals surface area (Å²) in [4.78, 5) is 12.2. The third-order valence-corrected chi connectivity index (χ3v) is 6.02. The van der Waals surface area contributed by atoms with Gasteiger partial charge < -0.3 is 14.0 Å². The number of halogens is 1. The fraction of sp³-hybridized carbons (Fsp3) is 0.222. The van der Waals surface area contributed by atoms with Crippen molar-refractivity contribution >= 4 is 32.8 Å². The molecule has 0 aliphatic rings. The van der Waals surface area contributed by atoms with Crippen LogP contribution in [0.3, 0.4) is 0 Å². The number of nitrogens with zero attached hydrogens (tertiary/aromatic N) is 1. The lowest BCUT2D eigenvalue weighted by Crippen LogP contribution is -2.09. The fourth-order valence-electron chi connectivity index (χ4n) is 3.96. The molecule has 0 bridgehead atoms. The molecular formula is C27H26BrNO3. The van der Waals surface area contributed by atoms with Crippen molar-refractivity contribution in [3.8, 4) is 5.75 Å². The molecule has 32 heavy (non-hydrogen) atoms. The number of hydrogen-bond acceptors (Lipinski definition) is 3. The van der Waals surface area contributed by atoms with Gasteiger partial charge in [0.05, 0.1) is 13.0 Å². The topological polar surface area (TPSA) is 40.5 Å². The van der Waals surface area contributed by atoms with Crippen molar-refractivity contribution in [3.05, 3.63) is 99.7 Å². The number of esters is 1. The molecule has 0 unspecified atom stereocenters. The van der Waals surface area contributed by atoms with Crippen molar-refractivity contribution in [3.63, 3.8) is 0 Å². The van der Waals surface area contributed by atoms with Crippen LogP contribution in [0.5, 0.6) is 5.75 Å². The fourth-order valence-corrected chi connectivity index (χ4v) is 4.33. The van der Waals surface area contributed by atoms with E-state index in [1.807, 2.05) is 43.3 Å². The summed E-state index contributed by atoms with van der Waals surface area (Å²) in [6, 6.07) is 24.5. The summed E-state index contributed by atoms with van der Waals surface area (Å²) in [6.07, 6.45) is 0.264. The Kier molecular flexibility index (Phi) is 6.96. The van der Waals surface area contributed by atoms with Gasteiger partial charge in [0.25, 0.3) is 0 Å². The molecule has 0 aliphatic carbocycles. The average molecular weight is 492 g/mol. The normalized spacial score (nSPS) is 11.0. The minimum atomic E-state index is -0.203. The van der Waals surface area contributed by atoms with E-state index in [2.05, 4.69) is 63.8 Å². The van der Waals surface area contributed by atoms with Crippen molar-refractivity contribution in [2.24, 2.45) is 0 Å². The zero-order valence-corrected chi connectivity index (χ0v) is 19.9. The number of benzene rings is 3. The first kappa shape index (κ1) is 22.2. The van der Waals surface area contributed by atoms with Crippen molar-refractivity contribution in [2.75, 3.05) is 6.61 Å². The smallest absolute Gasteiger partial charge is 0.310 e. The van der Waals surface area contributed by atoms with Gasteiger partial charge in [0.15, 0.2) is 0 Å². The lowest BCUT2D eigenvalue weighted by atomic mass is 10.1. The summed E-state index contributed by atoms with van der Waals surface area (Å²) in [5, 5.41) is 1.07. The van der Waals surface area contributed by atoms with Gasteiger partial charge >= 0.3 is 5.97 Å². The molecule has 1 heterocycles. The highest BCUT2D eigenvalue weighted by Gasteiger charge is 2.18. The first-order chi connectivity index (χ1) is 15.5. The Morgan fingerprint density at radius 2 is 1.75 bits per heavy atom. The Morgan fingerprint density at radius 1 is 0.969 bits per heavy atom. The summed E-state index contributed by atoms with van der Waals surface area (Å²) < 4.78 is 14.5. The van der Waals surface area contributed by atoms with Gasteiger partial charge in [-0.1, -0.05) is 58.4 Å². The summed E-state index contributed by atoms with van der Waals surface area (Å²) in [7, 11) is 0. The molecule has 0 saturated carbocycles. The SMILES string of the molecule is CCOC(=O)Cc1c(C)n(Cc2cccc(OCc3ccccc3)c2)c2ccc(Br)cc12. The molecule has 0 fully saturated rings. The second-order valence-electron chi connectivity index (χ2n) is 7.72. The maximum Gasteiger partial charge on any atom is 0.310 e. The molecule has 0 atom stereocenters. The summed E-state index contributed by atoms with van der Waals surface area (Å²) >= 11 is 3.57. The molecule has 0 radical (unpaired) electrons. The van der Waals surface area contributed by atoms with E-state index in [0.29, 0.717) is 19.8 Å². The van der Waals surface area contributed by atoms with Crippen LogP contribution >= 0.6 is 15.9 Å². The van der Waals surface area contributed by atoms with E-state index < -0.39 is 0 Å². The van der Waals surface area contributed by atoms with Gasteiger partial charge in [-0.2, -0.15) is 0 Å². The van der Waals surface area contributed by atoms with E-state index in [1.54, 1.807) is 0 Å². The number of hydrogen-bond donors (Lipinski definition) is 0. The lowest BCUT2D eigenvalue weighted by Gasteiger charge is -2.12. The molecule has 164 valence electrons. The second-order valence-corrected chi connectivity index (χ2v) is 8.63. The average Bonchev–Trinajstić information content (AvgIpc) is 3.04. The highest BCUT2D eigenvalue weighted by molar-refractivity contribution is 9.10. The van der Waals surface area contributed by atoms with E-state index in [9.17, 15) is 4.79 Å². The first-order valence-electron chi connectivity index (χ1n) is 10.7. The van der Waals surface area contributed by atoms with E-state index in [0.717, 1.165) is 43.5 Å². The van der Waals surface area contributed by atoms with Crippen LogP contribution in [-0.4, -0.2) is 17.1 Å². The molecule has 4 aromatic rings. The second kappa shape index (κ2) is 10.0. The molecule has 5 heteroatoms. The monoisotopic (exact) mass is 491 g/mol. The highest BCUT2D eigenvalue weighted by atomic mass is 79.9. The van der Waals surface area contributed by atoms with Crippen LogP contribution in [0.15, 0.2) is 77.3 Å². The molecule has 4 nitrogen and oxygen atoms in total. The predicted octanol–water partition coefficient (Wildman–Crippen LogP) is 6.45. The van der Waals surface area contributed by atoms with Crippen molar-refractivity contribution in [1.29, 1.82) is 0 Å². The van der Waals surface area contributed by atoms with E-state index >= 15 is 0 Å². The third-order valence-electron chi connectivity index (χ3n) is 5.53. The Labute approximate surface area is 196 Å². The number of rotatable bonds is 8. The Morgan fingerprint density at radius 3 is 2.53 bits per heavy atom. The van der Waals surface area contributed by atoms with Gasteiger partial charge in [-0.3, -0.25) is 4.79 Å². The lowest BCUT2D eigenvalue weighted by molar-refractivity contribution is -0.142. The zero-order valence-electron chi connectivity index (χ0n) is 18.3. The molecule has 0 N–H and O–H groups in total. The summed E-state index contributed by atoms with van der Waals surface area (Å²) in [5.74, 6) is 0.640. The van der Waals surface area contributed by atoms with Crippen LogP contribution in [0.4, 0.5) is 0 Å². The molecule has 0 aliphatic heterocycles. The van der Waals surface area contributed by atoms with Crippen LogP contribution in [0.25, 0.3) is 10.9 Å². The molecule has 1 aromatic heterocycles. The van der Waals surface area contributed by atoms with Gasteiger partial charge in [-0.15, -0.1) is 0 Å². The molecule has 0 saturated heterocycles. The van der Waals surface area contributed by atoms with Crippen molar-refractivity contribution in [1.82, 2.24) is 4.57 Å². The number of carbonyl (C=O) groups is 1. The van der Waals surface area contributed by atoms with Gasteiger partial charge in [0.2, 0.25) is 0 Å². The van der Waals surface area contributed by atoms with Crippen molar-refractivity contribution in [2.45, 2.75) is 33.4 Å². The molecule has 0 spiro atoms. The largest absolute Gasteiger partial charge is 0.489 e. The number of ether oxygens (including phenoxy) is 2. The van der Waals surface area contributed by atoms with E-state index in [-0.39, 0.29) is 12.4 Å². The van der Waals surface area contributed by atoms with Crippen LogP contribution in [-0.2, 0) is 29.1 Å². The molecule has 4 rings (SSSR count). The van der Waals surface area contributed by atoms with Gasteiger partial charge in [-0.25, -0.2) is 0 Å². The number of fused-ring (bicyclic) bond motifs is 1. The van der Waals surface area contributed by atoms with Gasteiger partial charge in [-0.05, 0) is 60.9 Å². The molecule has 3 aromatic carbocycles. The van der Waals surface area contributed by atoms with Crippen LogP contribution in [0.1, 0.15) is 29.3 Å². The summed E-state index contributed by atoms with van der Waals surface area (Å²) in [6.45, 7) is 5.51. The third kappa shape index (κ3) is 5.05. The maximum absolute atomic E-state index is 12.2. The minimum absolute atomic E-state index is 0.203. The van der Waals surface area contributed by atoms with Crippen LogP contribution in [0, 0.1) is 6.92 Å². The van der Waals surface area contributed by atoms with E-state index in [1.165, 1.54) is 0 Å². The maximum atomic E-state index is 12.2.